The van der Waals surface area contributed by atoms with Crippen molar-refractivity contribution in [2.45, 2.75) is 31.2 Å². The number of likely N-dealkylation sites (N-methyl/N-ethyl adjacent to an activating group) is 1. The van der Waals surface area contributed by atoms with Crippen molar-refractivity contribution in [1.82, 2.24) is 10.2 Å². The van der Waals surface area contributed by atoms with E-state index in [0.717, 1.165) is 22.3 Å². The van der Waals surface area contributed by atoms with Gasteiger partial charge >= 0.3 is 12.1 Å². The Balaban J connectivity index is 1.49. The van der Waals surface area contributed by atoms with E-state index in [4.69, 9.17) is 14.6 Å². The fourth-order valence-electron chi connectivity index (χ4n) is 4.74. The van der Waals surface area contributed by atoms with E-state index in [1.165, 1.54) is 4.90 Å². The lowest BCUT2D eigenvalue weighted by Gasteiger charge is -2.39. The van der Waals surface area contributed by atoms with Crippen LogP contribution in [0.2, 0.25) is 0 Å². The van der Waals surface area contributed by atoms with Gasteiger partial charge in [-0.2, -0.15) is 0 Å². The third-order valence-corrected chi connectivity index (χ3v) is 6.44. The summed E-state index contributed by atoms with van der Waals surface area (Å²) in [5.41, 5.74) is 3.21. The smallest absolute Gasteiger partial charge is 0.408 e. The molecule has 33 heavy (non-hydrogen) atoms. The number of hydrogen-bond acceptors (Lipinski definition) is 5. The minimum atomic E-state index is -1.24. The summed E-state index contributed by atoms with van der Waals surface area (Å²) in [6.07, 6.45) is -0.184. The number of carbonyl (C=O) groups is 3. The van der Waals surface area contributed by atoms with Crippen LogP contribution in [0.15, 0.2) is 48.5 Å². The number of fused-ring (bicyclic) bond motifs is 3. The molecule has 0 unspecified atom stereocenters. The predicted octanol–water partition coefficient (Wildman–Crippen LogP) is 3.01. The first-order valence-corrected chi connectivity index (χ1v) is 11.2. The molecule has 2 aromatic rings. The average Bonchev–Trinajstić information content (AvgIpc) is 3.15. The van der Waals surface area contributed by atoms with Gasteiger partial charge in [0.15, 0.2) is 0 Å². The van der Waals surface area contributed by atoms with Gasteiger partial charge in [0.2, 0.25) is 5.91 Å². The zero-order chi connectivity index (χ0) is 23.4. The summed E-state index contributed by atoms with van der Waals surface area (Å²) in [6, 6.07) is 16.1. The number of benzene rings is 2. The first-order chi connectivity index (χ1) is 15.9. The number of carboxylic acid groups (broad SMARTS) is 1. The van der Waals surface area contributed by atoms with Gasteiger partial charge in [-0.25, -0.2) is 4.79 Å². The van der Waals surface area contributed by atoms with Crippen molar-refractivity contribution in [3.63, 3.8) is 0 Å². The molecule has 1 aliphatic carbocycles. The predicted molar refractivity (Wildman–Crippen MR) is 121 cm³/mol. The molecule has 2 aromatic carbocycles. The largest absolute Gasteiger partial charge is 0.480 e. The summed E-state index contributed by atoms with van der Waals surface area (Å²) < 4.78 is 11.0. The van der Waals surface area contributed by atoms with Crippen LogP contribution in [-0.2, 0) is 19.1 Å². The van der Waals surface area contributed by atoms with E-state index in [2.05, 4.69) is 17.4 Å². The summed E-state index contributed by atoms with van der Waals surface area (Å²) in [5, 5.41) is 11.9. The van der Waals surface area contributed by atoms with Crippen molar-refractivity contribution >= 4 is 18.0 Å². The van der Waals surface area contributed by atoms with Crippen LogP contribution in [0, 0.1) is 0 Å². The number of nitrogens with zero attached hydrogens (tertiary/aromatic N) is 1. The number of alkyl carbamates (subject to hydrolysis) is 1. The van der Waals surface area contributed by atoms with Crippen molar-refractivity contribution in [1.29, 1.82) is 0 Å². The molecule has 1 aliphatic heterocycles. The van der Waals surface area contributed by atoms with E-state index in [1.54, 1.807) is 6.92 Å². The van der Waals surface area contributed by atoms with E-state index >= 15 is 0 Å². The van der Waals surface area contributed by atoms with Crippen LogP contribution in [0.4, 0.5) is 4.79 Å². The standard InChI is InChI=1S/C25H28N2O6/c1-2-27(15-22(28)29)23(30)25(11-13-32-14-12-25)26-24(31)33-16-21-19-9-5-3-7-17(19)18-8-4-6-10-20(18)21/h3-10,21H,2,11-16H2,1H3,(H,26,31)(H,28,29). The monoisotopic (exact) mass is 452 g/mol. The zero-order valence-electron chi connectivity index (χ0n) is 18.6. The molecule has 1 fully saturated rings. The maximum Gasteiger partial charge on any atom is 0.408 e. The normalized spacial score (nSPS) is 16.4. The van der Waals surface area contributed by atoms with Crippen molar-refractivity contribution in [2.75, 3.05) is 32.9 Å². The molecule has 0 atom stereocenters. The second kappa shape index (κ2) is 9.62. The third-order valence-electron chi connectivity index (χ3n) is 6.44. The minimum Gasteiger partial charge on any atom is -0.480 e. The molecular formula is C25H28N2O6. The second-order valence-corrected chi connectivity index (χ2v) is 8.36. The minimum absolute atomic E-state index is 0.0939. The van der Waals surface area contributed by atoms with Crippen LogP contribution < -0.4 is 5.32 Å². The number of carboxylic acids is 1. The molecule has 0 spiro atoms. The highest BCUT2D eigenvalue weighted by Gasteiger charge is 2.44. The Morgan fingerprint density at radius 3 is 2.18 bits per heavy atom. The van der Waals surface area contributed by atoms with Gasteiger partial charge in [0.1, 0.15) is 18.7 Å². The lowest BCUT2D eigenvalue weighted by Crippen LogP contribution is -2.62. The lowest BCUT2D eigenvalue weighted by atomic mass is 9.88. The summed E-state index contributed by atoms with van der Waals surface area (Å²) in [6.45, 7) is 2.22. The van der Waals surface area contributed by atoms with E-state index in [1.807, 2.05) is 36.4 Å². The number of amides is 2. The average molecular weight is 453 g/mol. The Hall–Kier alpha value is -3.39. The van der Waals surface area contributed by atoms with Gasteiger partial charge < -0.3 is 24.8 Å². The Morgan fingerprint density at radius 1 is 1.06 bits per heavy atom. The number of aliphatic carboxylic acids is 1. The molecule has 0 bridgehead atoms. The lowest BCUT2D eigenvalue weighted by molar-refractivity contribution is -0.149. The highest BCUT2D eigenvalue weighted by Crippen LogP contribution is 2.44. The summed E-state index contributed by atoms with van der Waals surface area (Å²) in [4.78, 5) is 38.6. The van der Waals surface area contributed by atoms with Crippen molar-refractivity contribution in [2.24, 2.45) is 0 Å². The fraction of sp³-hybridized carbons (Fsp3) is 0.400. The van der Waals surface area contributed by atoms with Gasteiger partial charge in [-0.1, -0.05) is 48.5 Å². The summed E-state index contributed by atoms with van der Waals surface area (Å²) in [5.74, 6) is -1.62. The van der Waals surface area contributed by atoms with E-state index in [0.29, 0.717) is 13.2 Å². The quantitative estimate of drug-likeness (QED) is 0.669. The van der Waals surface area contributed by atoms with Crippen LogP contribution >= 0.6 is 0 Å². The highest BCUT2D eigenvalue weighted by atomic mass is 16.5. The molecule has 2 amide bonds. The molecule has 174 valence electrons. The Bertz CT molecular complexity index is 1000. The van der Waals surface area contributed by atoms with Gasteiger partial charge in [-0.3, -0.25) is 9.59 Å². The van der Waals surface area contributed by atoms with Crippen LogP contribution in [0.25, 0.3) is 11.1 Å². The molecular weight excluding hydrogens is 424 g/mol. The van der Waals surface area contributed by atoms with Crippen molar-refractivity contribution in [3.8, 4) is 11.1 Å². The molecule has 8 nitrogen and oxygen atoms in total. The molecule has 1 saturated heterocycles. The topological polar surface area (TPSA) is 105 Å². The molecule has 0 radical (unpaired) electrons. The number of rotatable bonds is 7. The SMILES string of the molecule is CCN(CC(=O)O)C(=O)C1(NC(=O)OCC2c3ccccc3-c3ccccc32)CCOCC1. The second-order valence-electron chi connectivity index (χ2n) is 8.36. The number of hydrogen-bond donors (Lipinski definition) is 2. The van der Waals surface area contributed by atoms with Gasteiger partial charge in [-0.15, -0.1) is 0 Å². The van der Waals surface area contributed by atoms with Gasteiger partial charge in [-0.05, 0) is 29.2 Å². The highest BCUT2D eigenvalue weighted by molar-refractivity contribution is 5.92. The van der Waals surface area contributed by atoms with Crippen molar-refractivity contribution in [3.05, 3.63) is 59.7 Å². The summed E-state index contributed by atoms with van der Waals surface area (Å²) >= 11 is 0. The maximum atomic E-state index is 13.2. The summed E-state index contributed by atoms with van der Waals surface area (Å²) in [7, 11) is 0. The van der Waals surface area contributed by atoms with Crippen LogP contribution in [0.1, 0.15) is 36.8 Å². The van der Waals surface area contributed by atoms with Crippen LogP contribution in [0.5, 0.6) is 0 Å². The molecule has 2 N–H and O–H groups in total. The molecule has 0 saturated carbocycles. The first-order valence-electron chi connectivity index (χ1n) is 11.2. The van der Waals surface area contributed by atoms with E-state index in [-0.39, 0.29) is 31.9 Å². The van der Waals surface area contributed by atoms with Crippen molar-refractivity contribution < 1.29 is 29.0 Å². The molecule has 2 aliphatic rings. The molecule has 1 heterocycles. The van der Waals surface area contributed by atoms with E-state index < -0.39 is 30.1 Å². The number of ether oxygens (including phenoxy) is 2. The third kappa shape index (κ3) is 4.57. The number of nitrogens with one attached hydrogen (secondary N) is 1. The zero-order valence-corrected chi connectivity index (χ0v) is 18.6. The van der Waals surface area contributed by atoms with Gasteiger partial charge in [0.25, 0.3) is 0 Å². The first kappa shape index (κ1) is 22.8. The number of carbonyl (C=O) groups excluding carboxylic acids is 2. The van der Waals surface area contributed by atoms with Crippen LogP contribution in [0.3, 0.4) is 0 Å². The molecule has 0 aromatic heterocycles. The Kier molecular flexibility index (Phi) is 6.65. The Morgan fingerprint density at radius 2 is 1.64 bits per heavy atom. The fourth-order valence-corrected chi connectivity index (χ4v) is 4.74. The van der Waals surface area contributed by atoms with E-state index in [9.17, 15) is 14.4 Å². The van der Waals surface area contributed by atoms with Gasteiger partial charge in [0, 0.05) is 38.5 Å². The van der Waals surface area contributed by atoms with Crippen LogP contribution in [-0.4, -0.2) is 66.4 Å². The maximum absolute atomic E-state index is 13.2. The molecule has 4 rings (SSSR count). The van der Waals surface area contributed by atoms with Gasteiger partial charge in [0.05, 0.1) is 0 Å². The Labute approximate surface area is 192 Å². The molecule has 8 heteroatoms.